The summed E-state index contributed by atoms with van der Waals surface area (Å²) in [6.45, 7) is 2.61. The number of amides is 1. The number of carbonyl (C=O) groups excluding carboxylic acids is 1. The summed E-state index contributed by atoms with van der Waals surface area (Å²) in [6.07, 6.45) is 2.18. The summed E-state index contributed by atoms with van der Waals surface area (Å²) in [5, 5.41) is 3.13. The van der Waals surface area contributed by atoms with E-state index in [1.165, 1.54) is 5.56 Å². The average Bonchev–Trinajstić information content (AvgIpc) is 2.26. The molecule has 17 heavy (non-hydrogen) atoms. The van der Waals surface area contributed by atoms with Crippen molar-refractivity contribution < 1.29 is 4.79 Å². The maximum atomic E-state index is 10.7. The van der Waals surface area contributed by atoms with Gasteiger partial charge in [-0.2, -0.15) is 0 Å². The lowest BCUT2D eigenvalue weighted by Crippen LogP contribution is -2.25. The van der Waals surface area contributed by atoms with Crippen LogP contribution >= 0.6 is 12.2 Å². The Kier molecular flexibility index (Phi) is 5.63. The van der Waals surface area contributed by atoms with E-state index in [1.807, 2.05) is 43.7 Å². The maximum Gasteiger partial charge on any atom is 0.217 e. The van der Waals surface area contributed by atoms with Crippen molar-refractivity contribution in [3.05, 3.63) is 42.3 Å². The minimum atomic E-state index is -0.306. The molecule has 0 unspecified atom stereocenters. The molecule has 1 aromatic carbocycles. The van der Waals surface area contributed by atoms with Gasteiger partial charge in [-0.1, -0.05) is 49.5 Å². The molecule has 0 saturated heterocycles. The highest BCUT2D eigenvalue weighted by atomic mass is 32.1. The van der Waals surface area contributed by atoms with Crippen molar-refractivity contribution in [1.29, 1.82) is 0 Å². The van der Waals surface area contributed by atoms with Crippen LogP contribution in [0.25, 0.3) is 0 Å². The second-order valence-electron chi connectivity index (χ2n) is 4.02. The molecule has 0 aliphatic heterocycles. The Hall–Kier alpha value is -1.42. The second-order valence-corrected chi connectivity index (χ2v) is 4.46. The second kappa shape index (κ2) is 7.01. The molecule has 3 N–H and O–H groups in total. The van der Waals surface area contributed by atoms with Crippen molar-refractivity contribution in [2.45, 2.75) is 19.9 Å². The Bertz CT molecular complexity index is 378. The lowest BCUT2D eigenvalue weighted by atomic mass is 10.0. The summed E-state index contributed by atoms with van der Waals surface area (Å²) in [5.41, 5.74) is 6.28. The van der Waals surface area contributed by atoms with E-state index in [0.29, 0.717) is 18.0 Å². The summed E-state index contributed by atoms with van der Waals surface area (Å²) in [7, 11) is 0. The van der Waals surface area contributed by atoms with E-state index in [9.17, 15) is 4.79 Å². The number of thiocarbonyl (C=S) groups is 1. The summed E-state index contributed by atoms with van der Waals surface area (Å²) in [5.74, 6) is -0.233. The number of benzene rings is 1. The fourth-order valence-electron chi connectivity index (χ4n) is 1.48. The van der Waals surface area contributed by atoms with Crippen LogP contribution in [0.4, 0.5) is 0 Å². The van der Waals surface area contributed by atoms with Crippen LogP contribution < -0.4 is 11.1 Å². The van der Waals surface area contributed by atoms with Crippen LogP contribution in [0, 0.1) is 12.3 Å². The first-order valence-electron chi connectivity index (χ1n) is 5.53. The fourth-order valence-corrected chi connectivity index (χ4v) is 1.78. The first-order chi connectivity index (χ1) is 8.08. The molecule has 0 aromatic heterocycles. The molecular formula is C13H17N2OS. The molecule has 0 heterocycles. The summed E-state index contributed by atoms with van der Waals surface area (Å²) in [6, 6.07) is 10.0. The third-order valence-corrected chi connectivity index (χ3v) is 2.55. The predicted molar refractivity (Wildman–Crippen MR) is 73.2 cm³/mol. The lowest BCUT2D eigenvalue weighted by Gasteiger charge is -2.11. The molecule has 1 amide bonds. The number of hydrogen-bond acceptors (Lipinski definition) is 2. The zero-order valence-electron chi connectivity index (χ0n) is 9.85. The molecule has 0 bridgehead atoms. The fraction of sp³-hybridized carbons (Fsp3) is 0.308. The van der Waals surface area contributed by atoms with Crippen molar-refractivity contribution >= 4 is 23.1 Å². The lowest BCUT2D eigenvalue weighted by molar-refractivity contribution is -0.118. The van der Waals surface area contributed by atoms with Gasteiger partial charge in [-0.25, -0.2) is 0 Å². The molecule has 0 aliphatic rings. The number of hydrogen-bond donors (Lipinski definition) is 2. The largest absolute Gasteiger partial charge is 0.375 e. The molecule has 3 nitrogen and oxygen atoms in total. The molecule has 1 rings (SSSR count). The normalized spacial score (nSPS) is 11.8. The van der Waals surface area contributed by atoms with E-state index in [4.69, 9.17) is 18.0 Å². The Labute approximate surface area is 107 Å². The Morgan fingerprint density at radius 3 is 2.71 bits per heavy atom. The molecular weight excluding hydrogens is 232 g/mol. The zero-order valence-corrected chi connectivity index (χ0v) is 10.7. The van der Waals surface area contributed by atoms with E-state index in [1.54, 1.807) is 0 Å². The third kappa shape index (κ3) is 6.02. The number of primary amides is 1. The molecule has 0 saturated carbocycles. The predicted octanol–water partition coefficient (Wildman–Crippen LogP) is 1.82. The van der Waals surface area contributed by atoms with Crippen LogP contribution in [0.15, 0.2) is 30.3 Å². The Balaban J connectivity index is 2.28. The first kappa shape index (κ1) is 13.6. The van der Waals surface area contributed by atoms with E-state index in [-0.39, 0.29) is 11.8 Å². The van der Waals surface area contributed by atoms with Gasteiger partial charge in [0.25, 0.3) is 0 Å². The van der Waals surface area contributed by atoms with Gasteiger partial charge in [-0.15, -0.1) is 0 Å². The SMILES string of the molecule is C[C@@H]([CH]C(=S)NCc1ccccc1)CC(N)=O. The van der Waals surface area contributed by atoms with Gasteiger partial charge in [0, 0.05) is 19.4 Å². The third-order valence-electron chi connectivity index (χ3n) is 2.27. The molecule has 4 heteroatoms. The smallest absolute Gasteiger partial charge is 0.217 e. The van der Waals surface area contributed by atoms with Gasteiger partial charge < -0.3 is 11.1 Å². The minimum Gasteiger partial charge on any atom is -0.375 e. The van der Waals surface area contributed by atoms with Gasteiger partial charge in [0.1, 0.15) is 0 Å². The number of nitrogens with two attached hydrogens (primary N) is 1. The number of nitrogens with one attached hydrogen (secondary N) is 1. The van der Waals surface area contributed by atoms with E-state index in [2.05, 4.69) is 5.32 Å². The van der Waals surface area contributed by atoms with Gasteiger partial charge in [0.15, 0.2) is 0 Å². The number of rotatable bonds is 6. The van der Waals surface area contributed by atoms with Gasteiger partial charge in [-0.05, 0) is 11.5 Å². The van der Waals surface area contributed by atoms with Crippen molar-refractivity contribution in [2.24, 2.45) is 11.7 Å². The van der Waals surface area contributed by atoms with Crippen molar-refractivity contribution in [3.8, 4) is 0 Å². The molecule has 1 radical (unpaired) electrons. The van der Waals surface area contributed by atoms with E-state index in [0.717, 1.165) is 0 Å². The van der Waals surface area contributed by atoms with Crippen LogP contribution in [-0.4, -0.2) is 10.9 Å². The standard InChI is InChI=1S/C13H17N2OS/c1-10(7-12(14)16)8-13(17)15-9-11-5-3-2-4-6-11/h2-6,8,10H,7,9H2,1H3,(H2,14,16)(H,15,17)/t10-/m1/s1. The highest BCUT2D eigenvalue weighted by Crippen LogP contribution is 2.06. The van der Waals surface area contributed by atoms with Crippen LogP contribution in [0.2, 0.25) is 0 Å². The van der Waals surface area contributed by atoms with Gasteiger partial charge in [0.05, 0.1) is 4.99 Å². The molecule has 0 aliphatic carbocycles. The summed E-state index contributed by atoms with van der Waals surface area (Å²) in [4.78, 5) is 11.4. The molecule has 1 aromatic rings. The zero-order chi connectivity index (χ0) is 12.7. The molecule has 0 fully saturated rings. The molecule has 1 atom stereocenters. The molecule has 0 spiro atoms. The Morgan fingerprint density at radius 2 is 2.12 bits per heavy atom. The van der Waals surface area contributed by atoms with Crippen molar-refractivity contribution in [1.82, 2.24) is 5.32 Å². The highest BCUT2D eigenvalue weighted by Gasteiger charge is 2.09. The Morgan fingerprint density at radius 1 is 1.47 bits per heavy atom. The summed E-state index contributed by atoms with van der Waals surface area (Å²) >= 11 is 5.16. The van der Waals surface area contributed by atoms with Crippen molar-refractivity contribution in [2.75, 3.05) is 0 Å². The maximum absolute atomic E-state index is 10.7. The van der Waals surface area contributed by atoms with Gasteiger partial charge in [-0.3, -0.25) is 4.79 Å². The average molecular weight is 249 g/mol. The van der Waals surface area contributed by atoms with E-state index < -0.39 is 0 Å². The number of carbonyl (C=O) groups is 1. The highest BCUT2D eigenvalue weighted by molar-refractivity contribution is 7.80. The van der Waals surface area contributed by atoms with Crippen LogP contribution in [0.5, 0.6) is 0 Å². The van der Waals surface area contributed by atoms with Gasteiger partial charge in [0.2, 0.25) is 5.91 Å². The quantitative estimate of drug-likeness (QED) is 0.756. The van der Waals surface area contributed by atoms with Crippen LogP contribution in [-0.2, 0) is 11.3 Å². The van der Waals surface area contributed by atoms with Crippen molar-refractivity contribution in [3.63, 3.8) is 0 Å². The van der Waals surface area contributed by atoms with Crippen LogP contribution in [0.1, 0.15) is 18.9 Å². The van der Waals surface area contributed by atoms with Gasteiger partial charge >= 0.3 is 0 Å². The first-order valence-corrected chi connectivity index (χ1v) is 5.93. The topological polar surface area (TPSA) is 55.1 Å². The van der Waals surface area contributed by atoms with Crippen LogP contribution in [0.3, 0.4) is 0 Å². The van der Waals surface area contributed by atoms with E-state index >= 15 is 0 Å². The monoisotopic (exact) mass is 249 g/mol. The molecule has 91 valence electrons. The summed E-state index contributed by atoms with van der Waals surface area (Å²) < 4.78 is 0. The minimum absolute atomic E-state index is 0.0725.